The first-order valence-corrected chi connectivity index (χ1v) is 20.2. The number of nitrogens with two attached hydrogens (primary N) is 1. The van der Waals surface area contributed by atoms with Gasteiger partial charge in [-0.3, -0.25) is 14.2 Å². The van der Waals surface area contributed by atoms with Crippen LogP contribution >= 0.6 is 90.4 Å². The molecule has 54 heavy (non-hydrogen) atoms. The van der Waals surface area contributed by atoms with Gasteiger partial charge >= 0.3 is 12.1 Å². The molecule has 1 unspecified atom stereocenters. The number of nitrogens with zero attached hydrogens (tertiary/aromatic N) is 4. The van der Waals surface area contributed by atoms with E-state index < -0.39 is 60.3 Å². The van der Waals surface area contributed by atoms with Crippen molar-refractivity contribution < 1.29 is 51.9 Å². The number of hydrogen-bond acceptors (Lipinski definition) is 13. The lowest BCUT2D eigenvalue weighted by Crippen LogP contribution is -2.54. The molecule has 22 heteroatoms. The number of fused-ring (bicyclic) bond motifs is 2. The lowest BCUT2D eigenvalue weighted by Gasteiger charge is -2.24. The number of phenolic OH excluding ortho intramolecular Hbond substituents is 1. The molecule has 0 spiro atoms. The van der Waals surface area contributed by atoms with Crippen LogP contribution in [0.1, 0.15) is 25.6 Å². The number of ether oxygens (including phenoxy) is 4. The van der Waals surface area contributed by atoms with Gasteiger partial charge < -0.3 is 45.5 Å². The normalized spacial score (nSPS) is 21.8. The van der Waals surface area contributed by atoms with E-state index >= 15 is 0 Å². The Morgan fingerprint density at radius 1 is 1.04 bits per heavy atom. The molecule has 2 fully saturated rings. The molecule has 6 atom stereocenters. The van der Waals surface area contributed by atoms with Crippen LogP contribution in [0.4, 0.5) is 19.0 Å². The number of anilines is 1. The molecule has 2 aliphatic rings. The highest BCUT2D eigenvalue weighted by molar-refractivity contribution is 14.1. The van der Waals surface area contributed by atoms with Gasteiger partial charge in [0.2, 0.25) is 0 Å². The molecule has 2 aromatic heterocycles. The third kappa shape index (κ3) is 8.94. The SMILES string of the molecule is CC1(C)O[C@@H]2[C@H](O1)[C@@H](CO)O[C@H]2n1cnc2c(NCC(N)C(=O)[C@H](Cc3cc(I)c(Oc4cc(I)c(O)c(I)c4)c(I)c3)NC(=O)C(F)(F)F)ncnc21. The average Bonchev–Trinajstić information content (AvgIpc) is 3.77. The molecule has 0 bridgehead atoms. The minimum Gasteiger partial charge on any atom is -0.506 e. The number of carbonyl (C=O) groups is 2. The Hall–Kier alpha value is -1.96. The third-order valence-electron chi connectivity index (χ3n) is 8.41. The molecule has 0 aliphatic carbocycles. The predicted molar refractivity (Wildman–Crippen MR) is 219 cm³/mol. The summed E-state index contributed by atoms with van der Waals surface area (Å²) in [6.07, 6.45) is -5.40. The lowest BCUT2D eigenvalue weighted by molar-refractivity contribution is -0.199. The molecule has 2 saturated heterocycles. The first-order chi connectivity index (χ1) is 25.4. The highest BCUT2D eigenvalue weighted by Gasteiger charge is 2.56. The van der Waals surface area contributed by atoms with E-state index in [9.17, 15) is 33.0 Å². The maximum absolute atomic E-state index is 13.6. The van der Waals surface area contributed by atoms with E-state index in [4.69, 9.17) is 24.7 Å². The molecule has 2 aliphatic heterocycles. The number of aliphatic hydroxyl groups is 1. The molecule has 0 radical (unpaired) electrons. The number of nitrogens with one attached hydrogen (secondary N) is 2. The van der Waals surface area contributed by atoms with Crippen LogP contribution in [-0.4, -0.2) is 96.9 Å². The number of halogens is 7. The predicted octanol–water partition coefficient (Wildman–Crippen LogP) is 4.75. The second kappa shape index (κ2) is 16.5. The molecule has 0 saturated carbocycles. The Kier molecular flexibility index (Phi) is 12.7. The van der Waals surface area contributed by atoms with Gasteiger partial charge in [0.15, 0.2) is 40.5 Å². The number of phenols is 1. The number of aromatic nitrogens is 4. The van der Waals surface area contributed by atoms with Crippen molar-refractivity contribution in [1.29, 1.82) is 0 Å². The minimum atomic E-state index is -5.25. The number of alkyl halides is 3. The Labute approximate surface area is 359 Å². The Bertz CT molecular complexity index is 2050. The largest absolute Gasteiger partial charge is 0.506 e. The summed E-state index contributed by atoms with van der Waals surface area (Å²) in [6, 6.07) is 3.53. The molecular formula is C32H30F3I4N7O8. The second-order valence-electron chi connectivity index (χ2n) is 12.7. The van der Waals surface area contributed by atoms with Crippen LogP contribution in [0, 0.1) is 14.3 Å². The van der Waals surface area contributed by atoms with Crippen molar-refractivity contribution in [3.05, 3.63) is 56.8 Å². The summed E-state index contributed by atoms with van der Waals surface area (Å²) in [6.45, 7) is 2.92. The van der Waals surface area contributed by atoms with E-state index in [1.54, 1.807) is 42.7 Å². The van der Waals surface area contributed by atoms with Crippen LogP contribution in [0.2, 0.25) is 0 Å². The second-order valence-corrected chi connectivity index (χ2v) is 17.4. The number of imidazole rings is 1. The highest BCUT2D eigenvalue weighted by Crippen LogP contribution is 2.44. The molecule has 15 nitrogen and oxygen atoms in total. The van der Waals surface area contributed by atoms with Crippen molar-refractivity contribution in [2.24, 2.45) is 5.73 Å². The maximum Gasteiger partial charge on any atom is 0.471 e. The zero-order valence-corrected chi connectivity index (χ0v) is 36.5. The fraction of sp³-hybridized carbons (Fsp3) is 0.406. The number of Topliss-reactive ketones (excluding diaryl/α,β-unsaturated/α-hetero) is 1. The molecule has 290 valence electrons. The van der Waals surface area contributed by atoms with Crippen molar-refractivity contribution in [3.8, 4) is 17.2 Å². The van der Waals surface area contributed by atoms with Crippen LogP contribution in [0.15, 0.2) is 36.9 Å². The summed E-state index contributed by atoms with van der Waals surface area (Å²) in [4.78, 5) is 38.7. The van der Waals surface area contributed by atoms with Gasteiger partial charge in [0, 0.05) is 6.54 Å². The van der Waals surface area contributed by atoms with Crippen molar-refractivity contribution in [2.75, 3.05) is 18.5 Å². The van der Waals surface area contributed by atoms with E-state index in [2.05, 4.69) is 20.3 Å². The monoisotopic (exact) mass is 1200 g/mol. The highest BCUT2D eigenvalue weighted by atomic mass is 127. The third-order valence-corrected chi connectivity index (χ3v) is 11.7. The van der Waals surface area contributed by atoms with Gasteiger partial charge in [-0.25, -0.2) is 15.0 Å². The topological polar surface area (TPSA) is 205 Å². The van der Waals surface area contributed by atoms with Gasteiger partial charge in [-0.15, -0.1) is 0 Å². The summed E-state index contributed by atoms with van der Waals surface area (Å²) >= 11 is 7.97. The average molecular weight is 1210 g/mol. The van der Waals surface area contributed by atoms with Gasteiger partial charge in [-0.2, -0.15) is 13.2 Å². The summed E-state index contributed by atoms with van der Waals surface area (Å²) in [5.74, 6) is -2.85. The summed E-state index contributed by atoms with van der Waals surface area (Å²) in [5.41, 5.74) is 7.28. The zero-order valence-electron chi connectivity index (χ0n) is 27.9. The standard InChI is InChI=1S/C32H30F3I4N7O8/c1-31(2)53-25-20(9-47)52-29(26(25)54-31)46-11-44-21-27(42-10-43-28(21)46)41-8-18(40)23(49)19(45-30(50)32(33,34)35)5-12-3-16(38)24(17(39)4-12)51-13-6-14(36)22(48)15(37)7-13/h3-4,6-7,10-11,18-20,25-26,29,47-48H,5,8-9,40H2,1-2H3,(H,45,50)(H,41,42,43)/t18?,19-,20+,25+,26+,29+/m0/s1. The van der Waals surface area contributed by atoms with Gasteiger partial charge in [-0.1, -0.05) is 0 Å². The molecule has 4 aromatic rings. The number of carbonyl (C=O) groups excluding carboxylic acids is 2. The quantitative estimate of drug-likeness (QED) is 0.122. The van der Waals surface area contributed by atoms with Crippen molar-refractivity contribution in [1.82, 2.24) is 24.8 Å². The van der Waals surface area contributed by atoms with Crippen molar-refractivity contribution >= 4 is 119 Å². The van der Waals surface area contributed by atoms with Gasteiger partial charge in [0.05, 0.1) is 39.3 Å². The molecular weight excluding hydrogens is 1180 g/mol. The number of hydrogen-bond donors (Lipinski definition) is 5. The summed E-state index contributed by atoms with van der Waals surface area (Å²) in [7, 11) is 0. The van der Waals surface area contributed by atoms with Crippen LogP contribution in [-0.2, 0) is 30.2 Å². The molecule has 1 amide bonds. The van der Waals surface area contributed by atoms with Gasteiger partial charge in [-0.05, 0) is 140 Å². The molecule has 6 rings (SSSR count). The Morgan fingerprint density at radius 2 is 1.69 bits per heavy atom. The first kappa shape index (κ1) is 41.7. The fourth-order valence-electron chi connectivity index (χ4n) is 6.01. The smallest absolute Gasteiger partial charge is 0.471 e. The van der Waals surface area contributed by atoms with E-state index in [-0.39, 0.29) is 36.7 Å². The van der Waals surface area contributed by atoms with E-state index in [0.29, 0.717) is 37.0 Å². The number of rotatable bonds is 12. The zero-order chi connectivity index (χ0) is 39.3. The Morgan fingerprint density at radius 3 is 2.31 bits per heavy atom. The van der Waals surface area contributed by atoms with Crippen molar-refractivity contribution in [2.45, 2.75) is 68.9 Å². The molecule has 2 aromatic carbocycles. The van der Waals surface area contributed by atoms with E-state index in [0.717, 1.165) is 0 Å². The van der Waals surface area contributed by atoms with Crippen LogP contribution in [0.3, 0.4) is 0 Å². The van der Waals surface area contributed by atoms with E-state index in [1.807, 2.05) is 95.7 Å². The van der Waals surface area contributed by atoms with Gasteiger partial charge in [0.1, 0.15) is 36.1 Å². The van der Waals surface area contributed by atoms with Crippen LogP contribution < -0.4 is 21.1 Å². The molecule has 4 heterocycles. The van der Waals surface area contributed by atoms with Crippen LogP contribution in [0.25, 0.3) is 11.2 Å². The number of amides is 1. The first-order valence-electron chi connectivity index (χ1n) is 15.9. The number of aromatic hydroxyl groups is 1. The molecule has 6 N–H and O–H groups in total. The van der Waals surface area contributed by atoms with Crippen LogP contribution in [0.5, 0.6) is 17.2 Å². The lowest BCUT2D eigenvalue weighted by atomic mass is 9.98. The summed E-state index contributed by atoms with van der Waals surface area (Å²) in [5, 5.41) is 24.7. The summed E-state index contributed by atoms with van der Waals surface area (Å²) < 4.78 is 68.3. The fourth-order valence-corrected chi connectivity index (χ4v) is 9.84. The van der Waals surface area contributed by atoms with E-state index in [1.165, 1.54) is 12.7 Å². The minimum absolute atomic E-state index is 0.124. The van der Waals surface area contributed by atoms with Gasteiger partial charge in [0.25, 0.3) is 0 Å². The maximum atomic E-state index is 13.6. The Balaban J connectivity index is 1.19. The number of ketones is 1. The number of aliphatic hydroxyl groups excluding tert-OH is 1. The number of benzene rings is 2. The van der Waals surface area contributed by atoms with Crippen molar-refractivity contribution in [3.63, 3.8) is 0 Å².